The monoisotopic (exact) mass is 257 g/mol. The minimum Gasteiger partial charge on any atom is -0.297 e. The zero-order valence-electron chi connectivity index (χ0n) is 9.76. The van der Waals surface area contributed by atoms with Crippen LogP contribution in [0, 0.1) is 0 Å². The maximum Gasteiger partial charge on any atom is 0.0595 e. The predicted octanol–water partition coefficient (Wildman–Crippen LogP) is 4.32. The van der Waals surface area contributed by atoms with Crippen LogP contribution in [-0.2, 0) is 5.54 Å². The Morgan fingerprint density at radius 2 is 1.94 bits per heavy atom. The molecule has 3 heteroatoms. The first-order chi connectivity index (χ1) is 7.60. The number of halogens is 2. The van der Waals surface area contributed by atoms with E-state index in [1.165, 1.54) is 24.8 Å². The van der Waals surface area contributed by atoms with Gasteiger partial charge in [-0.3, -0.25) is 4.90 Å². The molecule has 2 rings (SSSR count). The van der Waals surface area contributed by atoms with Gasteiger partial charge in [0.05, 0.1) is 10.0 Å². The fourth-order valence-electron chi connectivity index (χ4n) is 2.49. The Bertz CT molecular complexity index is 386. The van der Waals surface area contributed by atoms with E-state index in [1.54, 1.807) is 0 Å². The van der Waals surface area contributed by atoms with Crippen LogP contribution < -0.4 is 0 Å². The van der Waals surface area contributed by atoms with Crippen molar-refractivity contribution in [3.8, 4) is 0 Å². The molecule has 0 N–H and O–H groups in total. The van der Waals surface area contributed by atoms with Crippen molar-refractivity contribution >= 4 is 23.2 Å². The molecular formula is C13H17Cl2N. The molecule has 88 valence electrons. The van der Waals surface area contributed by atoms with Crippen LogP contribution in [0.2, 0.25) is 10.0 Å². The Morgan fingerprint density at radius 3 is 2.38 bits per heavy atom. The van der Waals surface area contributed by atoms with E-state index >= 15 is 0 Å². The molecule has 0 radical (unpaired) electrons. The Kier molecular flexibility index (Phi) is 3.48. The van der Waals surface area contributed by atoms with Crippen LogP contribution in [-0.4, -0.2) is 18.5 Å². The van der Waals surface area contributed by atoms with Crippen molar-refractivity contribution in [2.24, 2.45) is 0 Å². The van der Waals surface area contributed by atoms with Gasteiger partial charge in [-0.1, -0.05) is 36.2 Å². The molecule has 1 aliphatic rings. The summed E-state index contributed by atoms with van der Waals surface area (Å²) in [4.78, 5) is 2.41. The highest BCUT2D eigenvalue weighted by molar-refractivity contribution is 6.42. The van der Waals surface area contributed by atoms with Crippen LogP contribution in [0.1, 0.15) is 31.7 Å². The second-order valence-electron chi connectivity index (χ2n) is 4.53. The Balaban J connectivity index is 2.37. The predicted molar refractivity (Wildman–Crippen MR) is 70.3 cm³/mol. The fraction of sp³-hybridized carbons (Fsp3) is 0.538. The summed E-state index contributed by atoms with van der Waals surface area (Å²) in [5.74, 6) is 0. The summed E-state index contributed by atoms with van der Waals surface area (Å²) in [5.41, 5.74) is 1.50. The second kappa shape index (κ2) is 4.56. The smallest absolute Gasteiger partial charge is 0.0595 e. The Labute approximate surface area is 107 Å². The molecule has 0 spiro atoms. The average Bonchev–Trinajstić information content (AvgIpc) is 2.21. The van der Waals surface area contributed by atoms with Gasteiger partial charge in [0.1, 0.15) is 0 Å². The van der Waals surface area contributed by atoms with Gasteiger partial charge < -0.3 is 0 Å². The third-order valence-electron chi connectivity index (χ3n) is 3.84. The van der Waals surface area contributed by atoms with Gasteiger partial charge in [-0.05, 0) is 50.6 Å². The first kappa shape index (κ1) is 12.2. The Hall–Kier alpha value is -0.240. The van der Waals surface area contributed by atoms with Crippen molar-refractivity contribution in [1.82, 2.24) is 4.90 Å². The van der Waals surface area contributed by atoms with E-state index in [0.717, 1.165) is 6.54 Å². The van der Waals surface area contributed by atoms with E-state index < -0.39 is 0 Å². The van der Waals surface area contributed by atoms with Crippen LogP contribution in [0.25, 0.3) is 0 Å². The van der Waals surface area contributed by atoms with E-state index in [0.29, 0.717) is 10.0 Å². The lowest BCUT2D eigenvalue weighted by Gasteiger charge is -2.49. The number of hydrogen-bond donors (Lipinski definition) is 0. The van der Waals surface area contributed by atoms with E-state index in [2.05, 4.69) is 24.9 Å². The molecule has 0 saturated heterocycles. The molecule has 1 aromatic carbocycles. The SMILES string of the molecule is CCN(C)C1(c2ccc(Cl)c(Cl)c2)CCC1. The average molecular weight is 258 g/mol. The fourth-order valence-corrected chi connectivity index (χ4v) is 2.79. The maximum absolute atomic E-state index is 6.10. The van der Waals surface area contributed by atoms with E-state index in [-0.39, 0.29) is 5.54 Å². The van der Waals surface area contributed by atoms with E-state index in [1.807, 2.05) is 12.1 Å². The largest absolute Gasteiger partial charge is 0.297 e. The summed E-state index contributed by atoms with van der Waals surface area (Å²) in [6, 6.07) is 6.04. The molecule has 16 heavy (non-hydrogen) atoms. The van der Waals surface area contributed by atoms with Crippen LogP contribution >= 0.6 is 23.2 Å². The summed E-state index contributed by atoms with van der Waals surface area (Å²) in [6.45, 7) is 3.25. The molecule has 1 saturated carbocycles. The summed E-state index contributed by atoms with van der Waals surface area (Å²) < 4.78 is 0. The molecule has 0 aliphatic heterocycles. The van der Waals surface area contributed by atoms with Crippen molar-refractivity contribution in [2.45, 2.75) is 31.7 Å². The molecule has 1 aliphatic carbocycles. The molecule has 0 atom stereocenters. The molecule has 0 aromatic heterocycles. The van der Waals surface area contributed by atoms with Gasteiger partial charge in [-0.25, -0.2) is 0 Å². The summed E-state index contributed by atoms with van der Waals surface area (Å²) in [6.07, 6.45) is 3.73. The number of rotatable bonds is 3. The third kappa shape index (κ3) is 1.85. The van der Waals surface area contributed by atoms with Crippen molar-refractivity contribution in [3.05, 3.63) is 33.8 Å². The molecule has 0 bridgehead atoms. The minimum atomic E-state index is 0.197. The normalized spacial score (nSPS) is 18.6. The standard InChI is InChI=1S/C13H17Cl2N/c1-3-16(2)13(7-4-8-13)10-5-6-11(14)12(15)9-10/h5-6,9H,3-4,7-8H2,1-2H3. The number of nitrogens with zero attached hydrogens (tertiary/aromatic N) is 1. The molecule has 1 nitrogen and oxygen atoms in total. The summed E-state index contributed by atoms with van der Waals surface area (Å²) in [5, 5.41) is 1.30. The van der Waals surface area contributed by atoms with Crippen molar-refractivity contribution in [2.75, 3.05) is 13.6 Å². The van der Waals surface area contributed by atoms with Crippen LogP contribution in [0.3, 0.4) is 0 Å². The quantitative estimate of drug-likeness (QED) is 0.780. The van der Waals surface area contributed by atoms with Gasteiger partial charge >= 0.3 is 0 Å². The van der Waals surface area contributed by atoms with Crippen LogP contribution in [0.15, 0.2) is 18.2 Å². The van der Waals surface area contributed by atoms with Gasteiger partial charge in [0.25, 0.3) is 0 Å². The highest BCUT2D eigenvalue weighted by atomic mass is 35.5. The molecular weight excluding hydrogens is 241 g/mol. The lowest BCUT2D eigenvalue weighted by atomic mass is 9.70. The lowest BCUT2D eigenvalue weighted by molar-refractivity contribution is 0.0391. The molecule has 1 fully saturated rings. The van der Waals surface area contributed by atoms with Crippen molar-refractivity contribution in [1.29, 1.82) is 0 Å². The van der Waals surface area contributed by atoms with Gasteiger partial charge in [0.15, 0.2) is 0 Å². The topological polar surface area (TPSA) is 3.24 Å². The van der Waals surface area contributed by atoms with E-state index in [9.17, 15) is 0 Å². The highest BCUT2D eigenvalue weighted by Gasteiger charge is 2.41. The van der Waals surface area contributed by atoms with Gasteiger partial charge in [-0.15, -0.1) is 0 Å². The van der Waals surface area contributed by atoms with Gasteiger partial charge in [0.2, 0.25) is 0 Å². The van der Waals surface area contributed by atoms with Crippen LogP contribution in [0.5, 0.6) is 0 Å². The first-order valence-corrected chi connectivity index (χ1v) is 6.52. The molecule has 0 heterocycles. The van der Waals surface area contributed by atoms with Crippen molar-refractivity contribution in [3.63, 3.8) is 0 Å². The van der Waals surface area contributed by atoms with E-state index in [4.69, 9.17) is 23.2 Å². The number of benzene rings is 1. The lowest BCUT2D eigenvalue weighted by Crippen LogP contribution is -2.48. The first-order valence-electron chi connectivity index (χ1n) is 5.77. The summed E-state index contributed by atoms with van der Waals surface area (Å²) >= 11 is 12.1. The molecule has 1 aromatic rings. The number of hydrogen-bond acceptors (Lipinski definition) is 1. The Morgan fingerprint density at radius 1 is 1.25 bits per heavy atom. The van der Waals surface area contributed by atoms with Crippen molar-refractivity contribution < 1.29 is 0 Å². The zero-order chi connectivity index (χ0) is 11.8. The second-order valence-corrected chi connectivity index (χ2v) is 5.34. The van der Waals surface area contributed by atoms with Crippen LogP contribution in [0.4, 0.5) is 0 Å². The zero-order valence-corrected chi connectivity index (χ0v) is 11.3. The minimum absolute atomic E-state index is 0.197. The van der Waals surface area contributed by atoms with Gasteiger partial charge in [-0.2, -0.15) is 0 Å². The maximum atomic E-state index is 6.10. The third-order valence-corrected chi connectivity index (χ3v) is 4.58. The highest BCUT2D eigenvalue weighted by Crippen LogP contribution is 2.46. The molecule has 0 unspecified atom stereocenters. The van der Waals surface area contributed by atoms with Gasteiger partial charge in [0, 0.05) is 5.54 Å². The summed E-state index contributed by atoms with van der Waals surface area (Å²) in [7, 11) is 2.18. The molecule has 0 amide bonds.